The molecule has 0 fully saturated rings. The quantitative estimate of drug-likeness (QED) is 0.149. The number of ketones is 3. The van der Waals surface area contributed by atoms with Gasteiger partial charge in [0.25, 0.3) is 0 Å². The van der Waals surface area contributed by atoms with Crippen LogP contribution in [-0.4, -0.2) is 61.6 Å². The summed E-state index contributed by atoms with van der Waals surface area (Å²) in [5.74, 6) is -2.47. The number of H-pyrrole nitrogens is 1. The number of nitrogens with zero attached hydrogens (tertiary/aromatic N) is 2. The zero-order chi connectivity index (χ0) is 31.9. The normalized spacial score (nSPS) is 16.2. The number of imidazole rings is 1. The number of Topliss-reactive ketones (excluding diaryl/α,β-unsaturated/α-hetero) is 3. The smallest absolute Gasteiger partial charge is 0.182 e. The van der Waals surface area contributed by atoms with Gasteiger partial charge in [-0.05, 0) is 37.5 Å². The van der Waals surface area contributed by atoms with Crippen LogP contribution in [-0.2, 0) is 13.0 Å². The highest BCUT2D eigenvalue weighted by atomic mass is 16.3. The molecule has 2 aromatic heterocycles. The van der Waals surface area contributed by atoms with E-state index in [1.54, 1.807) is 13.1 Å². The lowest BCUT2D eigenvalue weighted by Gasteiger charge is -2.29. The molecule has 0 aliphatic rings. The third-order valence-electron chi connectivity index (χ3n) is 8.14. The molecule has 0 saturated carbocycles. The van der Waals surface area contributed by atoms with Crippen molar-refractivity contribution in [3.05, 3.63) is 46.3 Å². The molecule has 0 radical (unpaired) electrons. The van der Waals surface area contributed by atoms with Crippen LogP contribution in [0.3, 0.4) is 0 Å². The van der Waals surface area contributed by atoms with E-state index in [2.05, 4.69) is 15.0 Å². The predicted octanol–water partition coefficient (Wildman–Crippen LogP) is 2.46. The van der Waals surface area contributed by atoms with E-state index < -0.39 is 47.5 Å². The van der Waals surface area contributed by atoms with Gasteiger partial charge in [0, 0.05) is 42.4 Å². The molecular weight excluding hydrogens is 534 g/mol. The Labute approximate surface area is 249 Å². The number of rotatable bonds is 17. The molecule has 0 aromatic carbocycles. The van der Waals surface area contributed by atoms with E-state index in [1.807, 2.05) is 41.5 Å². The van der Waals surface area contributed by atoms with Gasteiger partial charge in [0.2, 0.25) is 0 Å². The molecule has 0 amide bonds. The lowest BCUT2D eigenvalue weighted by atomic mass is 9.76. The van der Waals surface area contributed by atoms with Crippen LogP contribution in [0.25, 0.3) is 0 Å². The molecule has 42 heavy (non-hydrogen) atoms. The van der Waals surface area contributed by atoms with E-state index in [4.69, 9.17) is 22.9 Å². The molecule has 234 valence electrons. The van der Waals surface area contributed by atoms with E-state index in [0.29, 0.717) is 18.5 Å². The minimum Gasteiger partial charge on any atom is -0.391 e. The van der Waals surface area contributed by atoms with Crippen molar-refractivity contribution in [1.29, 1.82) is 0 Å². The number of pyridine rings is 1. The molecule has 0 aliphatic heterocycles. The first-order valence-electron chi connectivity index (χ1n) is 14.9. The van der Waals surface area contributed by atoms with Crippen LogP contribution in [0, 0.1) is 30.6 Å². The molecular formula is C31H51N7O4. The maximum Gasteiger partial charge on any atom is 0.182 e. The minimum atomic E-state index is -1.06. The summed E-state index contributed by atoms with van der Waals surface area (Å²) in [5, 5.41) is 11.0. The summed E-state index contributed by atoms with van der Waals surface area (Å²) < 4.78 is 0. The highest BCUT2D eigenvalue weighted by molar-refractivity contribution is 6.18. The molecule has 2 aromatic rings. The van der Waals surface area contributed by atoms with Gasteiger partial charge in [-0.1, -0.05) is 48.0 Å². The van der Waals surface area contributed by atoms with Gasteiger partial charge in [-0.2, -0.15) is 0 Å². The van der Waals surface area contributed by atoms with Crippen LogP contribution >= 0.6 is 0 Å². The number of aryl methyl sites for hydroxylation is 1. The summed E-state index contributed by atoms with van der Waals surface area (Å²) in [7, 11) is 0. The van der Waals surface area contributed by atoms with Crippen molar-refractivity contribution >= 4 is 17.3 Å². The number of aromatic nitrogens is 3. The van der Waals surface area contributed by atoms with E-state index in [1.165, 1.54) is 6.33 Å². The largest absolute Gasteiger partial charge is 0.391 e. The van der Waals surface area contributed by atoms with Crippen molar-refractivity contribution in [3.8, 4) is 0 Å². The van der Waals surface area contributed by atoms with Crippen molar-refractivity contribution in [2.45, 2.75) is 105 Å². The third-order valence-corrected chi connectivity index (χ3v) is 8.14. The highest BCUT2D eigenvalue weighted by Gasteiger charge is 2.38. The number of hydrogen-bond acceptors (Lipinski definition) is 10. The van der Waals surface area contributed by atoms with Gasteiger partial charge < -0.3 is 33.0 Å². The molecule has 2 rings (SSSR count). The van der Waals surface area contributed by atoms with Gasteiger partial charge >= 0.3 is 0 Å². The zero-order valence-electron chi connectivity index (χ0n) is 26.2. The third kappa shape index (κ3) is 8.38. The molecule has 1 unspecified atom stereocenters. The molecule has 11 heteroatoms. The molecule has 0 saturated heterocycles. The zero-order valence-corrected chi connectivity index (χ0v) is 26.2. The van der Waals surface area contributed by atoms with Crippen LogP contribution in [0.5, 0.6) is 0 Å². The summed E-state index contributed by atoms with van der Waals surface area (Å²) in [5.41, 5.74) is 26.0. The van der Waals surface area contributed by atoms with Gasteiger partial charge in [0.15, 0.2) is 17.3 Å². The molecule has 0 bridgehead atoms. The van der Waals surface area contributed by atoms with Crippen LogP contribution in [0.15, 0.2) is 12.5 Å². The average Bonchev–Trinajstić information content (AvgIpc) is 3.45. The summed E-state index contributed by atoms with van der Waals surface area (Å²) in [6.45, 7) is 13.0. The summed E-state index contributed by atoms with van der Waals surface area (Å²) in [6, 6.07) is -2.54. The predicted molar refractivity (Wildman–Crippen MR) is 164 cm³/mol. The number of aromatic amines is 1. The Hall–Kier alpha value is -2.83. The molecule has 6 atom stereocenters. The molecule has 2 heterocycles. The van der Waals surface area contributed by atoms with Crippen molar-refractivity contribution < 1.29 is 19.5 Å². The van der Waals surface area contributed by atoms with E-state index >= 15 is 0 Å². The number of aliphatic hydroxyl groups is 1. The van der Waals surface area contributed by atoms with Crippen LogP contribution in [0.4, 0.5) is 0 Å². The maximum absolute atomic E-state index is 14.6. The Kier molecular flexibility index (Phi) is 13.1. The van der Waals surface area contributed by atoms with Gasteiger partial charge in [-0.3, -0.25) is 19.4 Å². The van der Waals surface area contributed by atoms with Crippen molar-refractivity contribution in [2.24, 2.45) is 46.6 Å². The van der Waals surface area contributed by atoms with Crippen LogP contribution in [0.1, 0.15) is 109 Å². The van der Waals surface area contributed by atoms with E-state index in [9.17, 15) is 19.5 Å². The van der Waals surface area contributed by atoms with Crippen molar-refractivity contribution in [3.63, 3.8) is 0 Å². The second-order valence-corrected chi connectivity index (χ2v) is 12.3. The lowest BCUT2D eigenvalue weighted by molar-refractivity contribution is 0.0696. The standard InChI is InChI=1S/C31H51N7O4/c1-8-17(6)28(35)31(42)26-23(12-32)38-18(7)25(30(41)22(34)10-19-13-36-14-37-19)27(26)29(40)20(16(4)5)11-24(39)21(33)9-15(2)3/h13-17,20-22,24,28,39H,8-12,32-35H2,1-7H3,(H,36,37)/t17-,20?,21-,22-,24-,28-/m0/s1. The number of nitrogens with two attached hydrogens (primary N) is 4. The van der Waals surface area contributed by atoms with Crippen molar-refractivity contribution in [2.75, 3.05) is 0 Å². The topological polar surface area (TPSA) is 217 Å². The minimum absolute atomic E-state index is 0.0217. The fourth-order valence-corrected chi connectivity index (χ4v) is 5.31. The summed E-state index contributed by atoms with van der Waals surface area (Å²) in [6.07, 6.45) is 3.52. The number of aliphatic hydroxyl groups excluding tert-OH is 1. The fraction of sp³-hybridized carbons (Fsp3) is 0.645. The maximum atomic E-state index is 14.6. The Morgan fingerprint density at radius 1 is 0.952 bits per heavy atom. The van der Waals surface area contributed by atoms with E-state index in [0.717, 1.165) is 0 Å². The first kappa shape index (κ1) is 35.4. The number of carbonyl (C=O) groups excluding carboxylic acids is 3. The van der Waals surface area contributed by atoms with Gasteiger partial charge in [-0.15, -0.1) is 0 Å². The molecule has 0 spiro atoms. The van der Waals surface area contributed by atoms with Gasteiger partial charge in [0.05, 0.1) is 47.0 Å². The molecule has 10 N–H and O–H groups in total. The number of carbonyl (C=O) groups is 3. The van der Waals surface area contributed by atoms with E-state index in [-0.39, 0.29) is 65.2 Å². The Balaban J connectivity index is 2.80. The first-order valence-corrected chi connectivity index (χ1v) is 14.9. The monoisotopic (exact) mass is 585 g/mol. The number of hydrogen-bond donors (Lipinski definition) is 6. The van der Waals surface area contributed by atoms with Gasteiger partial charge in [-0.25, -0.2) is 4.98 Å². The highest BCUT2D eigenvalue weighted by Crippen LogP contribution is 2.32. The summed E-state index contributed by atoms with van der Waals surface area (Å²) in [4.78, 5) is 54.1. The number of nitrogens with one attached hydrogen (secondary N) is 1. The fourth-order valence-electron chi connectivity index (χ4n) is 5.31. The van der Waals surface area contributed by atoms with Gasteiger partial charge in [0.1, 0.15) is 0 Å². The van der Waals surface area contributed by atoms with Crippen molar-refractivity contribution in [1.82, 2.24) is 15.0 Å². The Morgan fingerprint density at radius 2 is 1.60 bits per heavy atom. The first-order chi connectivity index (χ1) is 19.7. The second kappa shape index (κ2) is 15.6. The van der Waals surface area contributed by atoms with Crippen LogP contribution < -0.4 is 22.9 Å². The average molecular weight is 586 g/mol. The summed E-state index contributed by atoms with van der Waals surface area (Å²) >= 11 is 0. The Morgan fingerprint density at radius 3 is 2.10 bits per heavy atom. The SMILES string of the molecule is CC[C@H](C)[C@H](N)C(=O)c1c(CN)nc(C)c(C(=O)[C@@H](N)Cc2c[nH]cn2)c1C(=O)C(C[C@H](O)[C@@H](N)CC(C)C)C(C)C. The lowest BCUT2D eigenvalue weighted by Crippen LogP contribution is -2.42. The Bertz CT molecular complexity index is 1210. The molecule has 11 nitrogen and oxygen atoms in total. The molecule has 0 aliphatic carbocycles. The van der Waals surface area contributed by atoms with Crippen LogP contribution in [0.2, 0.25) is 0 Å². The second-order valence-electron chi connectivity index (χ2n) is 12.3.